The lowest BCUT2D eigenvalue weighted by Gasteiger charge is -2.23. The van der Waals surface area contributed by atoms with Crippen LogP contribution in [0.4, 0.5) is 5.69 Å². The van der Waals surface area contributed by atoms with E-state index in [2.05, 4.69) is 24.1 Å². The normalized spacial score (nSPS) is 13.3. The van der Waals surface area contributed by atoms with Crippen molar-refractivity contribution >= 4 is 17.5 Å². The Bertz CT molecular complexity index is 885. The van der Waals surface area contributed by atoms with E-state index in [0.29, 0.717) is 30.5 Å². The third-order valence-electron chi connectivity index (χ3n) is 5.41. The molecule has 6 heteroatoms. The second-order valence-electron chi connectivity index (χ2n) is 8.17. The molecule has 0 fully saturated rings. The standard InChI is InChI=1S/C23H32N4O2/c1-5-26(18-10-8-9-17(4)15-18)23(29)21-25-20(19-11-6-7-14-27(19)21)22(28)24-13-12-16(2)3/h8-10,15-16H,5-7,11-14H2,1-4H3,(H,24,28). The number of aromatic nitrogens is 2. The van der Waals surface area contributed by atoms with Gasteiger partial charge < -0.3 is 14.8 Å². The first-order valence-corrected chi connectivity index (χ1v) is 10.7. The molecule has 1 aromatic heterocycles. The van der Waals surface area contributed by atoms with Gasteiger partial charge >= 0.3 is 0 Å². The highest BCUT2D eigenvalue weighted by atomic mass is 16.2. The highest BCUT2D eigenvalue weighted by Gasteiger charge is 2.30. The van der Waals surface area contributed by atoms with Crippen LogP contribution in [0, 0.1) is 12.8 Å². The maximum absolute atomic E-state index is 13.4. The third-order valence-corrected chi connectivity index (χ3v) is 5.41. The van der Waals surface area contributed by atoms with E-state index in [0.717, 1.165) is 49.2 Å². The zero-order valence-electron chi connectivity index (χ0n) is 18.0. The number of amides is 2. The topological polar surface area (TPSA) is 67.2 Å². The van der Waals surface area contributed by atoms with Gasteiger partial charge in [0.1, 0.15) is 5.69 Å². The SMILES string of the molecule is CCN(C(=O)c1nc(C(=O)NCCC(C)C)c2n1CCCC2)c1cccc(C)c1. The first-order chi connectivity index (χ1) is 13.9. The number of benzene rings is 1. The van der Waals surface area contributed by atoms with E-state index in [4.69, 9.17) is 0 Å². The van der Waals surface area contributed by atoms with Gasteiger partial charge in [-0.15, -0.1) is 0 Å². The molecular weight excluding hydrogens is 364 g/mol. The summed E-state index contributed by atoms with van der Waals surface area (Å²) in [7, 11) is 0. The number of rotatable bonds is 7. The number of imidazole rings is 1. The molecule has 0 aliphatic carbocycles. The van der Waals surface area contributed by atoms with Crippen molar-refractivity contribution in [2.24, 2.45) is 5.92 Å². The summed E-state index contributed by atoms with van der Waals surface area (Å²) in [6, 6.07) is 7.91. The van der Waals surface area contributed by atoms with Crippen molar-refractivity contribution in [1.29, 1.82) is 0 Å². The number of carbonyl (C=O) groups excluding carboxylic acids is 2. The second kappa shape index (κ2) is 9.25. The summed E-state index contributed by atoms with van der Waals surface area (Å²) >= 11 is 0. The van der Waals surface area contributed by atoms with Gasteiger partial charge in [-0.3, -0.25) is 9.59 Å². The summed E-state index contributed by atoms with van der Waals surface area (Å²) < 4.78 is 1.96. The van der Waals surface area contributed by atoms with Gasteiger partial charge in [-0.05, 0) is 63.1 Å². The molecule has 0 radical (unpaired) electrons. The Morgan fingerprint density at radius 1 is 1.28 bits per heavy atom. The highest BCUT2D eigenvalue weighted by molar-refractivity contribution is 6.05. The van der Waals surface area contributed by atoms with E-state index in [9.17, 15) is 9.59 Å². The van der Waals surface area contributed by atoms with Gasteiger partial charge in [0.15, 0.2) is 0 Å². The fraction of sp³-hybridized carbons (Fsp3) is 0.522. The van der Waals surface area contributed by atoms with E-state index in [-0.39, 0.29) is 11.8 Å². The lowest BCUT2D eigenvalue weighted by Crippen LogP contribution is -2.33. The Balaban J connectivity index is 1.91. The van der Waals surface area contributed by atoms with Gasteiger partial charge in [-0.25, -0.2) is 4.98 Å². The van der Waals surface area contributed by atoms with Gasteiger partial charge in [0.25, 0.3) is 11.8 Å². The fourth-order valence-corrected chi connectivity index (χ4v) is 3.81. The molecule has 0 spiro atoms. The minimum absolute atomic E-state index is 0.150. The van der Waals surface area contributed by atoms with Crippen molar-refractivity contribution < 1.29 is 9.59 Å². The van der Waals surface area contributed by atoms with Crippen LogP contribution >= 0.6 is 0 Å². The molecule has 1 N–H and O–H groups in total. The molecule has 0 bridgehead atoms. The predicted octanol–water partition coefficient (Wildman–Crippen LogP) is 3.97. The second-order valence-corrected chi connectivity index (χ2v) is 8.17. The Labute approximate surface area is 173 Å². The summed E-state index contributed by atoms with van der Waals surface area (Å²) in [6.45, 7) is 10.1. The van der Waals surface area contributed by atoms with Crippen molar-refractivity contribution in [2.75, 3.05) is 18.0 Å². The molecule has 3 rings (SSSR count). The molecule has 2 amide bonds. The molecule has 1 aromatic carbocycles. The molecule has 0 saturated heterocycles. The molecule has 2 heterocycles. The molecule has 6 nitrogen and oxygen atoms in total. The number of aryl methyl sites for hydroxylation is 1. The monoisotopic (exact) mass is 396 g/mol. The molecule has 2 aromatic rings. The number of fused-ring (bicyclic) bond motifs is 1. The largest absolute Gasteiger partial charge is 0.351 e. The van der Waals surface area contributed by atoms with Crippen LogP contribution in [0.3, 0.4) is 0 Å². The minimum Gasteiger partial charge on any atom is -0.351 e. The van der Waals surface area contributed by atoms with Gasteiger partial charge in [0.05, 0.1) is 5.69 Å². The zero-order chi connectivity index (χ0) is 21.0. The van der Waals surface area contributed by atoms with Crippen molar-refractivity contribution in [3.63, 3.8) is 0 Å². The molecule has 156 valence electrons. The summed E-state index contributed by atoms with van der Waals surface area (Å²) in [5.74, 6) is 0.573. The third kappa shape index (κ3) is 4.69. The van der Waals surface area contributed by atoms with E-state index in [1.54, 1.807) is 4.90 Å². The van der Waals surface area contributed by atoms with Crippen LogP contribution in [0.25, 0.3) is 0 Å². The lowest BCUT2D eigenvalue weighted by molar-refractivity contribution is 0.0946. The molecule has 1 aliphatic heterocycles. The number of hydrogen-bond acceptors (Lipinski definition) is 3. The average Bonchev–Trinajstić information content (AvgIpc) is 3.08. The Morgan fingerprint density at radius 3 is 2.76 bits per heavy atom. The zero-order valence-corrected chi connectivity index (χ0v) is 18.0. The quantitative estimate of drug-likeness (QED) is 0.770. The van der Waals surface area contributed by atoms with E-state index < -0.39 is 0 Å². The first-order valence-electron chi connectivity index (χ1n) is 10.7. The molecule has 0 saturated carbocycles. The van der Waals surface area contributed by atoms with Crippen LogP contribution in [0.15, 0.2) is 24.3 Å². The van der Waals surface area contributed by atoms with E-state index >= 15 is 0 Å². The van der Waals surface area contributed by atoms with Crippen molar-refractivity contribution in [1.82, 2.24) is 14.9 Å². The summed E-state index contributed by atoms with van der Waals surface area (Å²) in [5, 5.41) is 2.98. The number of nitrogens with one attached hydrogen (secondary N) is 1. The van der Waals surface area contributed by atoms with E-state index in [1.807, 2.05) is 42.7 Å². The number of nitrogens with zero attached hydrogens (tertiary/aromatic N) is 3. The smallest absolute Gasteiger partial charge is 0.294 e. The highest BCUT2D eigenvalue weighted by Crippen LogP contribution is 2.24. The summed E-state index contributed by atoms with van der Waals surface area (Å²) in [5.41, 5.74) is 3.26. The van der Waals surface area contributed by atoms with Crippen LogP contribution in [0.5, 0.6) is 0 Å². The number of hydrogen-bond donors (Lipinski definition) is 1. The van der Waals surface area contributed by atoms with Gasteiger partial charge in [0, 0.05) is 25.3 Å². The number of carbonyl (C=O) groups is 2. The minimum atomic E-state index is -0.172. The summed E-state index contributed by atoms with van der Waals surface area (Å²) in [4.78, 5) is 32.5. The van der Waals surface area contributed by atoms with Crippen LogP contribution in [0.1, 0.15) is 72.4 Å². The Hall–Kier alpha value is -2.63. The number of anilines is 1. The predicted molar refractivity (Wildman–Crippen MR) is 115 cm³/mol. The maximum Gasteiger partial charge on any atom is 0.294 e. The van der Waals surface area contributed by atoms with Gasteiger partial charge in [-0.1, -0.05) is 26.0 Å². The van der Waals surface area contributed by atoms with Crippen LogP contribution < -0.4 is 10.2 Å². The lowest BCUT2D eigenvalue weighted by atomic mass is 10.1. The maximum atomic E-state index is 13.4. The molecule has 29 heavy (non-hydrogen) atoms. The molecule has 0 atom stereocenters. The van der Waals surface area contributed by atoms with Crippen molar-refractivity contribution in [3.8, 4) is 0 Å². The van der Waals surface area contributed by atoms with E-state index in [1.165, 1.54) is 0 Å². The van der Waals surface area contributed by atoms with Crippen LogP contribution in [-0.2, 0) is 13.0 Å². The summed E-state index contributed by atoms with van der Waals surface area (Å²) in [6.07, 6.45) is 3.71. The van der Waals surface area contributed by atoms with Crippen LogP contribution in [-0.4, -0.2) is 34.5 Å². The average molecular weight is 397 g/mol. The Morgan fingerprint density at radius 2 is 2.07 bits per heavy atom. The van der Waals surface area contributed by atoms with Crippen molar-refractivity contribution in [3.05, 3.63) is 47.0 Å². The van der Waals surface area contributed by atoms with Crippen molar-refractivity contribution in [2.45, 2.75) is 59.9 Å². The first kappa shape index (κ1) is 21.1. The fourth-order valence-electron chi connectivity index (χ4n) is 3.81. The van der Waals surface area contributed by atoms with Gasteiger partial charge in [0.2, 0.25) is 5.82 Å². The van der Waals surface area contributed by atoms with Gasteiger partial charge in [-0.2, -0.15) is 0 Å². The molecule has 0 unspecified atom stereocenters. The molecule has 1 aliphatic rings. The van der Waals surface area contributed by atoms with Crippen LogP contribution in [0.2, 0.25) is 0 Å². The Kier molecular flexibility index (Phi) is 6.72. The molecular formula is C23H32N4O2.